The third-order valence-corrected chi connectivity index (χ3v) is 4.84. The lowest BCUT2D eigenvalue weighted by molar-refractivity contribution is -0.135. The number of aryl methyl sites for hydroxylation is 1. The second-order valence-electron chi connectivity index (χ2n) is 5.45. The summed E-state index contributed by atoms with van der Waals surface area (Å²) in [5.41, 5.74) is 1.93. The number of ketones is 2. The van der Waals surface area contributed by atoms with Crippen LogP contribution in [0.5, 0.6) is 0 Å². The Balaban J connectivity index is 2.05. The highest BCUT2D eigenvalue weighted by Crippen LogP contribution is 2.44. The van der Waals surface area contributed by atoms with Gasteiger partial charge in [0.05, 0.1) is 0 Å². The van der Waals surface area contributed by atoms with Gasteiger partial charge in [-0.25, -0.2) is 0 Å². The van der Waals surface area contributed by atoms with Gasteiger partial charge in [0.1, 0.15) is 5.92 Å². The monoisotopic (exact) mass is 306 g/mol. The van der Waals surface area contributed by atoms with Crippen molar-refractivity contribution in [2.24, 2.45) is 11.8 Å². The molecule has 2 unspecified atom stereocenters. The van der Waals surface area contributed by atoms with Crippen molar-refractivity contribution < 1.29 is 9.59 Å². The van der Waals surface area contributed by atoms with Gasteiger partial charge in [-0.1, -0.05) is 22.0 Å². The van der Waals surface area contributed by atoms with E-state index in [4.69, 9.17) is 0 Å². The molecule has 0 aliphatic heterocycles. The first kappa shape index (κ1) is 12.1. The second-order valence-corrected chi connectivity index (χ2v) is 6.36. The highest BCUT2D eigenvalue weighted by molar-refractivity contribution is 9.10. The zero-order valence-corrected chi connectivity index (χ0v) is 11.9. The van der Waals surface area contributed by atoms with Crippen molar-refractivity contribution >= 4 is 27.5 Å². The molecule has 0 heterocycles. The van der Waals surface area contributed by atoms with Gasteiger partial charge in [-0.2, -0.15) is 0 Å². The number of carbonyl (C=O) groups is 2. The molecule has 2 aliphatic rings. The second kappa shape index (κ2) is 4.30. The lowest BCUT2D eigenvalue weighted by Gasteiger charge is -2.26. The summed E-state index contributed by atoms with van der Waals surface area (Å²) in [6.07, 6.45) is 2.60. The average molecular weight is 307 g/mol. The number of carbonyl (C=O) groups excluding carboxylic acids is 2. The van der Waals surface area contributed by atoms with E-state index < -0.39 is 5.92 Å². The smallest absolute Gasteiger partial charge is 0.150 e. The first-order chi connectivity index (χ1) is 8.58. The van der Waals surface area contributed by atoms with Crippen LogP contribution < -0.4 is 0 Å². The summed E-state index contributed by atoms with van der Waals surface area (Å²) in [5.74, 6) is 0.0594. The van der Waals surface area contributed by atoms with Gasteiger partial charge in [-0.3, -0.25) is 9.59 Å². The molecule has 0 radical (unpaired) electrons. The fourth-order valence-corrected chi connectivity index (χ4v) is 3.86. The molecule has 2 bridgehead atoms. The number of benzene rings is 1. The number of rotatable bonds is 1. The molecule has 2 atom stereocenters. The van der Waals surface area contributed by atoms with Crippen LogP contribution in [-0.2, 0) is 9.59 Å². The quantitative estimate of drug-likeness (QED) is 0.745. The summed E-state index contributed by atoms with van der Waals surface area (Å²) in [5, 5.41) is 0. The molecule has 2 nitrogen and oxygen atoms in total. The van der Waals surface area contributed by atoms with Crippen molar-refractivity contribution in [3.63, 3.8) is 0 Å². The molecule has 2 fully saturated rings. The SMILES string of the molecule is Cc1cc(Br)ccc1C1C(=O)C2CCC(C2)C1=O. The van der Waals surface area contributed by atoms with Crippen molar-refractivity contribution in [3.05, 3.63) is 33.8 Å². The van der Waals surface area contributed by atoms with Gasteiger partial charge >= 0.3 is 0 Å². The molecule has 0 N–H and O–H groups in total. The lowest BCUT2D eigenvalue weighted by atomic mass is 9.74. The summed E-state index contributed by atoms with van der Waals surface area (Å²) >= 11 is 3.42. The molecule has 2 saturated carbocycles. The van der Waals surface area contributed by atoms with Crippen LogP contribution in [0.3, 0.4) is 0 Å². The van der Waals surface area contributed by atoms with E-state index in [2.05, 4.69) is 15.9 Å². The van der Waals surface area contributed by atoms with Crippen molar-refractivity contribution in [2.75, 3.05) is 0 Å². The first-order valence-electron chi connectivity index (χ1n) is 6.41. The minimum Gasteiger partial charge on any atom is -0.298 e. The first-order valence-corrected chi connectivity index (χ1v) is 7.20. The number of hydrogen-bond acceptors (Lipinski definition) is 2. The van der Waals surface area contributed by atoms with Crippen LogP contribution >= 0.6 is 15.9 Å². The van der Waals surface area contributed by atoms with Gasteiger partial charge in [-0.05, 0) is 49.4 Å². The Hall–Kier alpha value is -0.960. The van der Waals surface area contributed by atoms with Gasteiger partial charge in [0.15, 0.2) is 11.6 Å². The fourth-order valence-electron chi connectivity index (χ4n) is 3.38. The molecule has 0 saturated heterocycles. The summed E-state index contributed by atoms with van der Waals surface area (Å²) in [7, 11) is 0. The maximum atomic E-state index is 12.4. The van der Waals surface area contributed by atoms with E-state index in [0.29, 0.717) is 0 Å². The van der Waals surface area contributed by atoms with Crippen LogP contribution in [0.1, 0.15) is 36.3 Å². The maximum absolute atomic E-state index is 12.4. The molecule has 0 amide bonds. The summed E-state index contributed by atoms with van der Waals surface area (Å²) in [6.45, 7) is 1.97. The number of halogens is 1. The van der Waals surface area contributed by atoms with E-state index in [1.54, 1.807) is 0 Å². The molecule has 0 aromatic heterocycles. The third-order valence-electron chi connectivity index (χ3n) is 4.35. The topological polar surface area (TPSA) is 34.1 Å². The average Bonchev–Trinajstić information content (AvgIpc) is 2.76. The van der Waals surface area contributed by atoms with Crippen molar-refractivity contribution in [1.82, 2.24) is 0 Å². The van der Waals surface area contributed by atoms with Crippen LogP contribution in [0, 0.1) is 18.8 Å². The molecule has 1 aromatic carbocycles. The van der Waals surface area contributed by atoms with Gasteiger partial charge in [0, 0.05) is 16.3 Å². The Labute approximate surface area is 115 Å². The fraction of sp³-hybridized carbons (Fsp3) is 0.467. The molecule has 18 heavy (non-hydrogen) atoms. The van der Waals surface area contributed by atoms with Crippen LogP contribution in [0.15, 0.2) is 22.7 Å². The molecule has 1 aromatic rings. The van der Waals surface area contributed by atoms with Crippen LogP contribution in [0.25, 0.3) is 0 Å². The van der Waals surface area contributed by atoms with Crippen LogP contribution in [0.4, 0.5) is 0 Å². The van der Waals surface area contributed by atoms with Crippen molar-refractivity contribution in [3.8, 4) is 0 Å². The normalized spacial score (nSPS) is 30.9. The molecular formula is C15H15BrO2. The largest absolute Gasteiger partial charge is 0.298 e. The Kier molecular flexibility index (Phi) is 2.89. The van der Waals surface area contributed by atoms with Crippen LogP contribution in [-0.4, -0.2) is 11.6 Å². The molecule has 0 spiro atoms. The Bertz CT molecular complexity index is 513. The zero-order chi connectivity index (χ0) is 12.9. The predicted molar refractivity (Wildman–Crippen MR) is 72.5 cm³/mol. The van der Waals surface area contributed by atoms with E-state index in [9.17, 15) is 9.59 Å². The van der Waals surface area contributed by atoms with Gasteiger partial charge in [-0.15, -0.1) is 0 Å². The summed E-state index contributed by atoms with van der Waals surface area (Å²) < 4.78 is 0.988. The maximum Gasteiger partial charge on any atom is 0.150 e. The zero-order valence-electron chi connectivity index (χ0n) is 10.3. The highest BCUT2D eigenvalue weighted by Gasteiger charge is 2.47. The number of hydrogen-bond donors (Lipinski definition) is 0. The summed E-state index contributed by atoms with van der Waals surface area (Å²) in [6, 6.07) is 5.82. The van der Waals surface area contributed by atoms with Crippen molar-refractivity contribution in [2.45, 2.75) is 32.1 Å². The predicted octanol–water partition coefficient (Wildman–Crippen LogP) is 3.41. The number of Topliss-reactive ketones (excluding diaryl/α,β-unsaturated/α-hetero) is 2. The van der Waals surface area contributed by atoms with E-state index in [1.807, 2.05) is 25.1 Å². The highest BCUT2D eigenvalue weighted by atomic mass is 79.9. The van der Waals surface area contributed by atoms with E-state index in [0.717, 1.165) is 34.9 Å². The standard InChI is InChI=1S/C15H15BrO2/c1-8-6-11(16)4-5-12(8)13-14(17)9-2-3-10(7-9)15(13)18/h4-6,9-10,13H,2-3,7H2,1H3. The third kappa shape index (κ3) is 1.76. The Morgan fingerprint density at radius 3 is 2.28 bits per heavy atom. The Morgan fingerprint density at radius 2 is 1.72 bits per heavy atom. The van der Waals surface area contributed by atoms with Gasteiger partial charge in [0.25, 0.3) is 0 Å². The van der Waals surface area contributed by atoms with Crippen LogP contribution in [0.2, 0.25) is 0 Å². The lowest BCUT2D eigenvalue weighted by Crippen LogP contribution is -2.35. The minimum atomic E-state index is -0.496. The van der Waals surface area contributed by atoms with E-state index >= 15 is 0 Å². The molecule has 3 heteroatoms. The number of fused-ring (bicyclic) bond motifs is 2. The Morgan fingerprint density at radius 1 is 1.11 bits per heavy atom. The summed E-state index contributed by atoms with van der Waals surface area (Å²) in [4.78, 5) is 24.8. The molecule has 94 valence electrons. The van der Waals surface area contributed by atoms with E-state index in [1.165, 1.54) is 0 Å². The molecule has 3 rings (SSSR count). The van der Waals surface area contributed by atoms with Gasteiger partial charge in [0.2, 0.25) is 0 Å². The molecule has 2 aliphatic carbocycles. The molecular weight excluding hydrogens is 292 g/mol. The van der Waals surface area contributed by atoms with Gasteiger partial charge < -0.3 is 0 Å². The minimum absolute atomic E-state index is 0.126. The van der Waals surface area contributed by atoms with Crippen molar-refractivity contribution in [1.29, 1.82) is 0 Å². The van der Waals surface area contributed by atoms with E-state index in [-0.39, 0.29) is 23.4 Å².